The summed E-state index contributed by atoms with van der Waals surface area (Å²) < 4.78 is 28.5. The number of aryl methyl sites for hydroxylation is 2. The lowest BCUT2D eigenvalue weighted by atomic mass is 9.80. The number of halogens is 2. The maximum atomic E-state index is 14.3. The van der Waals surface area contributed by atoms with Crippen LogP contribution in [0.15, 0.2) is 54.6 Å². The molecule has 0 aliphatic heterocycles. The average Bonchev–Trinajstić information content (AvgIpc) is 3.36. The van der Waals surface area contributed by atoms with Crippen LogP contribution >= 0.6 is 0 Å². The summed E-state index contributed by atoms with van der Waals surface area (Å²) >= 11 is 0. The zero-order valence-electron chi connectivity index (χ0n) is 24.6. The molecule has 1 aliphatic rings. The lowest BCUT2D eigenvalue weighted by molar-refractivity contribution is 0.0751. The van der Waals surface area contributed by atoms with Crippen LogP contribution in [0, 0.1) is 18.6 Å². The van der Waals surface area contributed by atoms with E-state index in [4.69, 9.17) is 5.73 Å². The van der Waals surface area contributed by atoms with E-state index < -0.39 is 29.6 Å². The number of hydrogen-bond donors (Lipinski definition) is 3. The third kappa shape index (κ3) is 7.23. The number of fused-ring (bicyclic) bond motifs is 1. The van der Waals surface area contributed by atoms with Crippen molar-refractivity contribution in [2.24, 2.45) is 5.73 Å². The first kappa shape index (κ1) is 31.3. The lowest BCUT2D eigenvalue weighted by Crippen LogP contribution is -2.38. The molecule has 0 saturated carbocycles. The molecule has 0 spiro atoms. The molecule has 4 N–H and O–H groups in total. The Hall–Kier alpha value is -3.62. The molecule has 3 aromatic rings. The van der Waals surface area contributed by atoms with E-state index >= 15 is 0 Å². The first-order valence-corrected chi connectivity index (χ1v) is 14.8. The van der Waals surface area contributed by atoms with Crippen LogP contribution in [0.2, 0.25) is 0 Å². The van der Waals surface area contributed by atoms with Gasteiger partial charge in [-0.15, -0.1) is 0 Å². The van der Waals surface area contributed by atoms with Crippen LogP contribution in [0.25, 0.3) is 0 Å². The number of nitrogens with two attached hydrogens (primary N) is 1. The largest absolute Gasteiger partial charge is 0.391 e. The van der Waals surface area contributed by atoms with Crippen LogP contribution in [0.5, 0.6) is 0 Å². The molecule has 0 radical (unpaired) electrons. The number of nitrogens with zero attached hydrogens (tertiary/aromatic N) is 1. The Balaban J connectivity index is 1.79. The molecule has 3 aromatic carbocycles. The molecule has 0 unspecified atom stereocenters. The number of nitrogens with one attached hydrogen (secondary N) is 1. The second kappa shape index (κ2) is 14.0. The number of aliphatic hydroxyl groups is 1. The highest BCUT2D eigenvalue weighted by atomic mass is 19.1. The second-order valence-electron chi connectivity index (χ2n) is 11.3. The van der Waals surface area contributed by atoms with Crippen LogP contribution in [0.4, 0.5) is 8.78 Å². The fourth-order valence-corrected chi connectivity index (χ4v) is 6.19. The minimum Gasteiger partial charge on any atom is -0.391 e. The first-order chi connectivity index (χ1) is 20.1. The number of rotatable bonds is 13. The third-order valence-corrected chi connectivity index (χ3v) is 8.01. The van der Waals surface area contributed by atoms with Gasteiger partial charge in [0.2, 0.25) is 5.91 Å². The molecular weight excluding hydrogens is 536 g/mol. The van der Waals surface area contributed by atoms with Crippen LogP contribution in [-0.4, -0.2) is 47.6 Å². The predicted octanol–water partition coefficient (Wildman–Crippen LogP) is 5.60. The Bertz CT molecular complexity index is 1400. The maximum absolute atomic E-state index is 14.3. The van der Waals surface area contributed by atoms with Gasteiger partial charge in [-0.1, -0.05) is 38.1 Å². The molecule has 0 saturated heterocycles. The standard InChI is InChI=1S/C34H41F2N3O3/c1-4-12-39(13-5-2)34(42)29-15-21(3)14-28(33(37)41)32(29)27(18-22-16-24(35)19-25(36)17-22)31(40)20-38-30-11-10-23-8-6-7-9-26(23)30/h6-9,14-17,19,27,30-31,38,40H,4-5,10-13,18,20H2,1-3H3,(H2,37,41)/t27-,30-,31+/m1/s1. The topological polar surface area (TPSA) is 95.7 Å². The van der Waals surface area contributed by atoms with E-state index in [2.05, 4.69) is 17.4 Å². The zero-order valence-corrected chi connectivity index (χ0v) is 24.6. The van der Waals surface area contributed by atoms with Gasteiger partial charge in [0.05, 0.1) is 6.10 Å². The molecule has 0 aromatic heterocycles. The van der Waals surface area contributed by atoms with Crippen LogP contribution in [0.3, 0.4) is 0 Å². The van der Waals surface area contributed by atoms with Gasteiger partial charge in [0, 0.05) is 48.8 Å². The quantitative estimate of drug-likeness (QED) is 0.247. The summed E-state index contributed by atoms with van der Waals surface area (Å²) in [4.78, 5) is 28.6. The van der Waals surface area contributed by atoms with E-state index in [1.807, 2.05) is 26.0 Å². The van der Waals surface area contributed by atoms with E-state index in [0.29, 0.717) is 29.8 Å². The highest BCUT2D eigenvalue weighted by Gasteiger charge is 2.33. The number of hydrogen-bond acceptors (Lipinski definition) is 4. The van der Waals surface area contributed by atoms with Crippen molar-refractivity contribution < 1.29 is 23.5 Å². The monoisotopic (exact) mass is 577 g/mol. The fraction of sp³-hybridized carbons (Fsp3) is 0.412. The number of benzene rings is 3. The normalized spacial score (nSPS) is 15.7. The van der Waals surface area contributed by atoms with Gasteiger partial charge in [0.1, 0.15) is 11.6 Å². The molecule has 224 valence electrons. The van der Waals surface area contributed by atoms with Gasteiger partial charge in [0.25, 0.3) is 5.91 Å². The van der Waals surface area contributed by atoms with E-state index in [0.717, 1.165) is 31.7 Å². The van der Waals surface area contributed by atoms with E-state index in [1.54, 1.807) is 24.0 Å². The SMILES string of the molecule is CCCN(CCC)C(=O)c1cc(C)cc(C(N)=O)c1[C@H](Cc1cc(F)cc(F)c1)[C@@H](O)CN[C@@H]1CCc2ccccc21. The molecule has 4 rings (SSSR count). The number of amides is 2. The smallest absolute Gasteiger partial charge is 0.254 e. The van der Waals surface area contributed by atoms with Gasteiger partial charge >= 0.3 is 0 Å². The fourth-order valence-electron chi connectivity index (χ4n) is 6.19. The maximum Gasteiger partial charge on any atom is 0.254 e. The molecule has 0 fully saturated rings. The second-order valence-corrected chi connectivity index (χ2v) is 11.3. The molecule has 2 amide bonds. The van der Waals surface area contributed by atoms with Crippen molar-refractivity contribution in [2.75, 3.05) is 19.6 Å². The number of carbonyl (C=O) groups excluding carboxylic acids is 2. The van der Waals surface area contributed by atoms with E-state index in [9.17, 15) is 23.5 Å². The molecule has 6 nitrogen and oxygen atoms in total. The summed E-state index contributed by atoms with van der Waals surface area (Å²) in [5.41, 5.74) is 9.98. The summed E-state index contributed by atoms with van der Waals surface area (Å²) in [7, 11) is 0. The minimum atomic E-state index is -1.11. The van der Waals surface area contributed by atoms with Crippen molar-refractivity contribution in [3.05, 3.63) is 105 Å². The summed E-state index contributed by atoms with van der Waals surface area (Å²) in [6.07, 6.45) is 2.17. The van der Waals surface area contributed by atoms with Gasteiger partial charge in [0.15, 0.2) is 0 Å². The Kier molecular flexibility index (Phi) is 10.5. The molecule has 42 heavy (non-hydrogen) atoms. The highest BCUT2D eigenvalue weighted by molar-refractivity contribution is 6.02. The van der Waals surface area contributed by atoms with Crippen molar-refractivity contribution in [1.82, 2.24) is 10.2 Å². The number of primary amides is 1. The summed E-state index contributed by atoms with van der Waals surface area (Å²) in [5, 5.41) is 15.2. The van der Waals surface area contributed by atoms with Gasteiger partial charge < -0.3 is 21.1 Å². The van der Waals surface area contributed by atoms with Gasteiger partial charge in [-0.2, -0.15) is 0 Å². The first-order valence-electron chi connectivity index (χ1n) is 14.8. The van der Waals surface area contributed by atoms with E-state index in [-0.39, 0.29) is 36.0 Å². The molecule has 8 heteroatoms. The van der Waals surface area contributed by atoms with Crippen LogP contribution in [0.1, 0.15) is 93.6 Å². The average molecular weight is 578 g/mol. The Morgan fingerprint density at radius 3 is 2.31 bits per heavy atom. The molecule has 1 aliphatic carbocycles. The Morgan fingerprint density at radius 1 is 1.02 bits per heavy atom. The van der Waals surface area contributed by atoms with Crippen molar-refractivity contribution in [1.29, 1.82) is 0 Å². The summed E-state index contributed by atoms with van der Waals surface area (Å²) in [6, 6.07) is 14.7. The van der Waals surface area contributed by atoms with Crippen molar-refractivity contribution in [3.8, 4) is 0 Å². The lowest BCUT2D eigenvalue weighted by Gasteiger charge is -2.31. The summed E-state index contributed by atoms with van der Waals surface area (Å²) in [6.45, 7) is 6.94. The Morgan fingerprint density at radius 2 is 1.67 bits per heavy atom. The van der Waals surface area contributed by atoms with Gasteiger partial charge in [-0.3, -0.25) is 9.59 Å². The van der Waals surface area contributed by atoms with Gasteiger partial charge in [-0.05, 0) is 91.1 Å². The van der Waals surface area contributed by atoms with Crippen LogP contribution in [-0.2, 0) is 12.8 Å². The van der Waals surface area contributed by atoms with Gasteiger partial charge in [-0.25, -0.2) is 8.78 Å². The highest BCUT2D eigenvalue weighted by Crippen LogP contribution is 2.35. The molecular formula is C34H41F2N3O3. The summed E-state index contributed by atoms with van der Waals surface area (Å²) in [5.74, 6) is -3.35. The molecule has 0 heterocycles. The Labute approximate surface area is 246 Å². The van der Waals surface area contributed by atoms with Crippen molar-refractivity contribution in [3.63, 3.8) is 0 Å². The third-order valence-electron chi connectivity index (χ3n) is 8.01. The number of aliphatic hydroxyl groups excluding tert-OH is 1. The predicted molar refractivity (Wildman–Crippen MR) is 160 cm³/mol. The van der Waals surface area contributed by atoms with E-state index in [1.165, 1.54) is 23.3 Å². The van der Waals surface area contributed by atoms with Crippen LogP contribution < -0.4 is 11.1 Å². The molecule has 3 atom stereocenters. The molecule has 0 bridgehead atoms. The van der Waals surface area contributed by atoms with Crippen molar-refractivity contribution >= 4 is 11.8 Å². The zero-order chi connectivity index (χ0) is 30.4. The van der Waals surface area contributed by atoms with Crippen molar-refractivity contribution in [2.45, 2.75) is 70.9 Å². The number of carbonyl (C=O) groups is 2. The minimum absolute atomic E-state index is 0.00996.